The summed E-state index contributed by atoms with van der Waals surface area (Å²) in [5.41, 5.74) is 0.146. The number of hydrogen-bond donors (Lipinski definition) is 2. The molecule has 0 aliphatic carbocycles. The highest BCUT2D eigenvalue weighted by atomic mass is 32.2. The summed E-state index contributed by atoms with van der Waals surface area (Å²) in [7, 11) is -4.30. The van der Waals surface area contributed by atoms with E-state index in [2.05, 4.69) is 4.98 Å². The van der Waals surface area contributed by atoms with Crippen molar-refractivity contribution in [2.45, 2.75) is 4.90 Å². The molecule has 0 amide bonds. The maximum absolute atomic E-state index is 11.0. The molecule has 7 heteroatoms. The highest BCUT2D eigenvalue weighted by Crippen LogP contribution is 2.27. The number of aromatic hydroxyl groups is 1. The van der Waals surface area contributed by atoms with Crippen LogP contribution in [0.3, 0.4) is 0 Å². The van der Waals surface area contributed by atoms with Crippen molar-refractivity contribution in [3.05, 3.63) is 30.5 Å². The molecule has 0 spiro atoms. The van der Waals surface area contributed by atoms with Gasteiger partial charge >= 0.3 is 0 Å². The minimum absolute atomic E-state index is 0. The van der Waals surface area contributed by atoms with Gasteiger partial charge in [-0.1, -0.05) is 0 Å². The molecule has 1 aromatic carbocycles. The minimum Gasteiger partial charge on any atom is -0.506 e. The summed E-state index contributed by atoms with van der Waals surface area (Å²) >= 11 is 0. The van der Waals surface area contributed by atoms with Crippen LogP contribution in [0.1, 0.15) is 0 Å². The predicted octanol–water partition coefficient (Wildman–Crippen LogP) is 0.362. The zero-order valence-electron chi connectivity index (χ0n) is 7.95. The van der Waals surface area contributed by atoms with Gasteiger partial charge in [0.15, 0.2) is 0 Å². The Kier molecular flexibility index (Phi) is 3.13. The summed E-state index contributed by atoms with van der Waals surface area (Å²) in [5.74, 6) is -0.127. The Morgan fingerprint density at radius 3 is 2.50 bits per heavy atom. The maximum atomic E-state index is 11.0. The number of rotatable bonds is 1. The fraction of sp³-hybridized carbons (Fsp3) is 0. The first kappa shape index (κ1) is 12.4. The van der Waals surface area contributed by atoms with E-state index < -0.39 is 10.1 Å². The number of phenolic OH excluding ortho intramolecular Hbond substituents is 1. The van der Waals surface area contributed by atoms with Gasteiger partial charge in [0.05, 0.1) is 0 Å². The van der Waals surface area contributed by atoms with Crippen LogP contribution in [0.25, 0.3) is 10.9 Å². The second-order valence-electron chi connectivity index (χ2n) is 2.96. The molecule has 16 heavy (non-hydrogen) atoms. The average molecular weight is 243 g/mol. The Hall–Kier alpha value is -1.70. The number of benzene rings is 1. The van der Waals surface area contributed by atoms with Crippen LogP contribution in [0.4, 0.5) is 0 Å². The number of nitrogens with zero attached hydrogens (tertiary/aromatic N) is 1. The molecule has 0 atom stereocenters. The predicted molar refractivity (Wildman–Crippen MR) is 56.8 cm³/mol. The molecular weight excluding hydrogens is 234 g/mol. The van der Waals surface area contributed by atoms with Crippen molar-refractivity contribution in [1.29, 1.82) is 0 Å². The molecule has 2 aromatic rings. The Labute approximate surface area is 91.2 Å². The quantitative estimate of drug-likeness (QED) is 0.701. The Morgan fingerprint density at radius 2 is 1.88 bits per heavy atom. The number of pyridine rings is 1. The molecule has 0 fully saturated rings. The molecule has 0 saturated carbocycles. The van der Waals surface area contributed by atoms with Gasteiger partial charge in [-0.25, -0.2) is 0 Å². The van der Waals surface area contributed by atoms with Gasteiger partial charge in [0.2, 0.25) is 0 Å². The van der Waals surface area contributed by atoms with Crippen LogP contribution in [0.15, 0.2) is 35.4 Å². The van der Waals surface area contributed by atoms with E-state index in [0.29, 0.717) is 0 Å². The number of hydrogen-bond acceptors (Lipinski definition) is 4. The third-order valence-corrected chi connectivity index (χ3v) is 2.90. The van der Waals surface area contributed by atoms with Crippen LogP contribution in [0, 0.1) is 0 Å². The number of aromatic nitrogens is 1. The topological polar surface area (TPSA) is 119 Å². The summed E-state index contributed by atoms with van der Waals surface area (Å²) in [6, 6.07) is 5.30. The average Bonchev–Trinajstić information content (AvgIpc) is 2.17. The van der Waals surface area contributed by atoms with Crippen molar-refractivity contribution >= 4 is 21.0 Å². The van der Waals surface area contributed by atoms with Gasteiger partial charge in [-0.15, -0.1) is 0 Å². The van der Waals surface area contributed by atoms with E-state index in [0.717, 1.165) is 6.07 Å². The van der Waals surface area contributed by atoms with Crippen molar-refractivity contribution in [2.24, 2.45) is 0 Å². The fourth-order valence-electron chi connectivity index (χ4n) is 1.36. The standard InChI is InChI=1S/C9H7NO4S.H2O/c11-7-3-4-8(15(12,13)14)6-2-1-5-10-9(6)7;/h1-5,11H,(H,12,13,14);1H2. The second kappa shape index (κ2) is 4.05. The highest BCUT2D eigenvalue weighted by Gasteiger charge is 2.15. The first-order valence-corrected chi connectivity index (χ1v) is 5.48. The lowest BCUT2D eigenvalue weighted by Crippen LogP contribution is -1.99. The molecular formula is C9H9NO5S. The SMILES string of the molecule is O.O=S(=O)(O)c1ccc(O)c2ncccc12. The lowest BCUT2D eigenvalue weighted by atomic mass is 10.2. The van der Waals surface area contributed by atoms with E-state index in [-0.39, 0.29) is 27.0 Å². The molecule has 0 aliphatic heterocycles. The second-order valence-corrected chi connectivity index (χ2v) is 4.35. The molecule has 6 nitrogen and oxygen atoms in total. The van der Waals surface area contributed by atoms with Gasteiger partial charge < -0.3 is 10.6 Å². The summed E-state index contributed by atoms with van der Waals surface area (Å²) in [4.78, 5) is 3.57. The smallest absolute Gasteiger partial charge is 0.295 e. The maximum Gasteiger partial charge on any atom is 0.295 e. The molecule has 0 bridgehead atoms. The third-order valence-electron chi connectivity index (χ3n) is 1.99. The van der Waals surface area contributed by atoms with Crippen molar-refractivity contribution in [3.8, 4) is 5.75 Å². The van der Waals surface area contributed by atoms with Crippen LogP contribution in [0.2, 0.25) is 0 Å². The first-order valence-electron chi connectivity index (χ1n) is 4.04. The fourth-order valence-corrected chi connectivity index (χ4v) is 2.04. The molecule has 4 N–H and O–H groups in total. The van der Waals surface area contributed by atoms with Crippen LogP contribution in [0.5, 0.6) is 5.75 Å². The van der Waals surface area contributed by atoms with Gasteiger partial charge in [-0.3, -0.25) is 9.54 Å². The van der Waals surface area contributed by atoms with Crippen molar-refractivity contribution in [1.82, 2.24) is 4.98 Å². The first-order chi connectivity index (χ1) is 7.00. The van der Waals surface area contributed by atoms with Crippen LogP contribution in [-0.2, 0) is 10.1 Å². The Morgan fingerprint density at radius 1 is 1.19 bits per heavy atom. The number of fused-ring (bicyclic) bond motifs is 1. The van der Waals surface area contributed by atoms with E-state index in [1.807, 2.05) is 0 Å². The molecule has 86 valence electrons. The van der Waals surface area contributed by atoms with E-state index >= 15 is 0 Å². The third kappa shape index (κ3) is 1.96. The van der Waals surface area contributed by atoms with Gasteiger partial charge in [0.25, 0.3) is 10.1 Å². The van der Waals surface area contributed by atoms with Crippen molar-refractivity contribution in [2.75, 3.05) is 0 Å². The minimum atomic E-state index is -4.30. The van der Waals surface area contributed by atoms with Crippen LogP contribution in [-0.4, -0.2) is 28.5 Å². The molecule has 0 radical (unpaired) electrons. The molecule has 1 heterocycles. The van der Waals surface area contributed by atoms with Crippen molar-refractivity contribution < 1.29 is 23.6 Å². The van der Waals surface area contributed by atoms with E-state index in [1.54, 1.807) is 0 Å². The summed E-state index contributed by atoms with van der Waals surface area (Å²) in [5, 5.41) is 9.62. The van der Waals surface area contributed by atoms with Gasteiger partial charge in [-0.2, -0.15) is 8.42 Å². The zero-order chi connectivity index (χ0) is 11.1. The normalized spacial score (nSPS) is 11.1. The highest BCUT2D eigenvalue weighted by molar-refractivity contribution is 7.86. The van der Waals surface area contributed by atoms with Crippen LogP contribution >= 0.6 is 0 Å². The van der Waals surface area contributed by atoms with Gasteiger partial charge in [-0.05, 0) is 24.3 Å². The molecule has 1 aromatic heterocycles. The molecule has 0 aliphatic rings. The zero-order valence-corrected chi connectivity index (χ0v) is 8.77. The molecule has 0 saturated heterocycles. The summed E-state index contributed by atoms with van der Waals surface area (Å²) < 4.78 is 30.9. The lowest BCUT2D eigenvalue weighted by molar-refractivity contribution is 0.478. The van der Waals surface area contributed by atoms with Gasteiger partial charge in [0, 0.05) is 11.6 Å². The molecule has 2 rings (SSSR count). The van der Waals surface area contributed by atoms with Crippen molar-refractivity contribution in [3.63, 3.8) is 0 Å². The molecule has 0 unspecified atom stereocenters. The monoisotopic (exact) mass is 243 g/mol. The van der Waals surface area contributed by atoms with E-state index in [9.17, 15) is 13.5 Å². The summed E-state index contributed by atoms with van der Waals surface area (Å²) in [6.45, 7) is 0. The summed E-state index contributed by atoms with van der Waals surface area (Å²) in [6.07, 6.45) is 1.43. The van der Waals surface area contributed by atoms with Crippen LogP contribution < -0.4 is 0 Å². The lowest BCUT2D eigenvalue weighted by Gasteiger charge is -2.03. The Bertz CT molecular complexity index is 623. The van der Waals surface area contributed by atoms with Gasteiger partial charge in [0.1, 0.15) is 16.2 Å². The largest absolute Gasteiger partial charge is 0.506 e. The number of phenols is 1. The van der Waals surface area contributed by atoms with E-state index in [1.165, 1.54) is 24.4 Å². The van der Waals surface area contributed by atoms with E-state index in [4.69, 9.17) is 4.55 Å². The Balaban J connectivity index is 0.00000128.